The number of amides is 1. The number of benzene rings is 1. The van der Waals surface area contributed by atoms with Gasteiger partial charge in [-0.2, -0.15) is 0 Å². The molecule has 1 amide bonds. The minimum atomic E-state index is -0.315. The molecule has 5 nitrogen and oxygen atoms in total. The molecule has 0 radical (unpaired) electrons. The molecule has 130 valence electrons. The Morgan fingerprint density at radius 2 is 2.20 bits per heavy atom. The smallest absolute Gasteiger partial charge is 0.289 e. The molecular weight excluding hydrogens is 341 g/mol. The van der Waals surface area contributed by atoms with Crippen LogP contribution < -0.4 is 0 Å². The van der Waals surface area contributed by atoms with Gasteiger partial charge in [0.05, 0.1) is 5.75 Å². The van der Waals surface area contributed by atoms with Crippen molar-refractivity contribution >= 4 is 17.7 Å². The molecule has 0 spiro atoms. The molecule has 0 aliphatic heterocycles. The number of carbonyl (C=O) groups excluding carboxylic acids is 1. The minimum Gasteiger partial charge on any atom is -0.455 e. The van der Waals surface area contributed by atoms with Crippen molar-refractivity contribution in [2.75, 3.05) is 7.05 Å². The van der Waals surface area contributed by atoms with Crippen LogP contribution in [0, 0.1) is 5.82 Å². The number of hydrogen-bond acceptors (Lipinski definition) is 4. The van der Waals surface area contributed by atoms with Gasteiger partial charge in [0.15, 0.2) is 10.9 Å². The van der Waals surface area contributed by atoms with Crippen LogP contribution in [0.4, 0.5) is 4.39 Å². The maximum absolute atomic E-state index is 13.2. The van der Waals surface area contributed by atoms with E-state index in [0.717, 1.165) is 10.7 Å². The van der Waals surface area contributed by atoms with E-state index < -0.39 is 0 Å². The third-order valence-electron chi connectivity index (χ3n) is 3.65. The maximum atomic E-state index is 13.2. The Morgan fingerprint density at radius 3 is 2.92 bits per heavy atom. The highest BCUT2D eigenvalue weighted by atomic mass is 32.2. The Bertz CT molecular complexity index is 875. The predicted octanol–water partition coefficient (Wildman–Crippen LogP) is 3.72. The zero-order valence-electron chi connectivity index (χ0n) is 14.0. The molecule has 3 rings (SSSR count). The van der Waals surface area contributed by atoms with Gasteiger partial charge in [-0.1, -0.05) is 23.9 Å². The zero-order chi connectivity index (χ0) is 17.8. The lowest BCUT2D eigenvalue weighted by molar-refractivity contribution is 0.0752. The first-order valence-corrected chi connectivity index (χ1v) is 8.70. The predicted molar refractivity (Wildman–Crippen MR) is 93.7 cm³/mol. The fraction of sp³-hybridized carbons (Fsp3) is 0.222. The molecule has 25 heavy (non-hydrogen) atoms. The van der Waals surface area contributed by atoms with Gasteiger partial charge in [0.1, 0.15) is 11.6 Å². The molecule has 0 aliphatic carbocycles. The third kappa shape index (κ3) is 4.30. The second-order valence-corrected chi connectivity index (χ2v) is 6.61. The molecule has 0 saturated carbocycles. The van der Waals surface area contributed by atoms with E-state index in [9.17, 15) is 9.18 Å². The van der Waals surface area contributed by atoms with Crippen LogP contribution in [-0.4, -0.2) is 27.4 Å². The summed E-state index contributed by atoms with van der Waals surface area (Å²) in [4.78, 5) is 18.2. The molecular formula is C18H18FN3O2S. The highest BCUT2D eigenvalue weighted by molar-refractivity contribution is 7.98. The number of hydrogen-bond donors (Lipinski definition) is 0. The van der Waals surface area contributed by atoms with Gasteiger partial charge in [-0.05, 0) is 29.8 Å². The molecule has 2 heterocycles. The Hall–Kier alpha value is -2.54. The first kappa shape index (κ1) is 17.3. The number of thioether (sulfide) groups is 1. The first-order valence-electron chi connectivity index (χ1n) is 7.71. The zero-order valence-corrected chi connectivity index (χ0v) is 14.8. The van der Waals surface area contributed by atoms with Crippen molar-refractivity contribution in [3.05, 3.63) is 71.7 Å². The van der Waals surface area contributed by atoms with E-state index in [0.29, 0.717) is 18.1 Å². The summed E-state index contributed by atoms with van der Waals surface area (Å²) in [5.74, 6) is 1.01. The molecule has 0 unspecified atom stereocenters. The summed E-state index contributed by atoms with van der Waals surface area (Å²) in [7, 11) is 3.59. The number of nitrogens with zero attached hydrogens (tertiary/aromatic N) is 3. The van der Waals surface area contributed by atoms with Crippen molar-refractivity contribution in [1.29, 1.82) is 0 Å². The van der Waals surface area contributed by atoms with E-state index in [-0.39, 0.29) is 17.5 Å². The molecule has 0 atom stereocenters. The van der Waals surface area contributed by atoms with Crippen LogP contribution in [0.5, 0.6) is 0 Å². The summed E-state index contributed by atoms with van der Waals surface area (Å²) < 4.78 is 20.8. The lowest BCUT2D eigenvalue weighted by Gasteiger charge is -2.15. The number of aryl methyl sites for hydroxylation is 1. The number of halogens is 1. The maximum Gasteiger partial charge on any atom is 0.289 e. The summed E-state index contributed by atoms with van der Waals surface area (Å²) in [6, 6.07) is 9.66. The van der Waals surface area contributed by atoms with E-state index in [2.05, 4.69) is 4.98 Å². The van der Waals surface area contributed by atoms with Crippen LogP contribution in [0.25, 0.3) is 0 Å². The van der Waals surface area contributed by atoms with Gasteiger partial charge in [-0.25, -0.2) is 9.37 Å². The van der Waals surface area contributed by atoms with E-state index >= 15 is 0 Å². The molecule has 1 aromatic carbocycles. The van der Waals surface area contributed by atoms with Gasteiger partial charge in [0.2, 0.25) is 0 Å². The largest absolute Gasteiger partial charge is 0.455 e. The SMILES string of the molecule is CN(Cc1cccc(F)c1)C(=O)c1ccc(CSc2nccn2C)o1. The van der Waals surface area contributed by atoms with Crippen molar-refractivity contribution in [2.24, 2.45) is 7.05 Å². The summed E-state index contributed by atoms with van der Waals surface area (Å²) >= 11 is 1.54. The standard InChI is InChI=1S/C18H18FN3O2S/c1-21-9-8-20-18(21)25-12-15-6-7-16(24-15)17(23)22(2)11-13-4-3-5-14(19)10-13/h3-10H,11-12H2,1-2H3. The van der Waals surface area contributed by atoms with E-state index in [1.807, 2.05) is 17.8 Å². The topological polar surface area (TPSA) is 51.3 Å². The van der Waals surface area contributed by atoms with Crippen LogP contribution in [0.2, 0.25) is 0 Å². The fourth-order valence-corrected chi connectivity index (χ4v) is 3.19. The third-order valence-corrected chi connectivity index (χ3v) is 4.73. The highest BCUT2D eigenvalue weighted by Gasteiger charge is 2.17. The van der Waals surface area contributed by atoms with Crippen molar-refractivity contribution in [1.82, 2.24) is 14.5 Å². The van der Waals surface area contributed by atoms with Crippen molar-refractivity contribution in [3.63, 3.8) is 0 Å². The van der Waals surface area contributed by atoms with Crippen LogP contribution in [0.1, 0.15) is 21.9 Å². The summed E-state index contributed by atoms with van der Waals surface area (Å²) in [6.45, 7) is 0.314. The van der Waals surface area contributed by atoms with Gasteiger partial charge in [0, 0.05) is 33.0 Å². The highest BCUT2D eigenvalue weighted by Crippen LogP contribution is 2.22. The molecule has 0 aliphatic rings. The number of rotatable bonds is 6. The fourth-order valence-electron chi connectivity index (χ4n) is 2.37. The van der Waals surface area contributed by atoms with Crippen LogP contribution in [0.3, 0.4) is 0 Å². The van der Waals surface area contributed by atoms with Crippen LogP contribution in [-0.2, 0) is 19.3 Å². The van der Waals surface area contributed by atoms with Gasteiger partial charge in [0.25, 0.3) is 5.91 Å². The summed E-state index contributed by atoms with van der Waals surface area (Å²) in [5.41, 5.74) is 0.730. The lowest BCUT2D eigenvalue weighted by atomic mass is 10.2. The van der Waals surface area contributed by atoms with Gasteiger partial charge >= 0.3 is 0 Å². The van der Waals surface area contributed by atoms with E-state index in [1.165, 1.54) is 28.8 Å². The van der Waals surface area contributed by atoms with Crippen molar-refractivity contribution in [3.8, 4) is 0 Å². The second kappa shape index (κ2) is 7.57. The van der Waals surface area contributed by atoms with Gasteiger partial charge in [-0.3, -0.25) is 4.79 Å². The van der Waals surface area contributed by atoms with Gasteiger partial charge in [-0.15, -0.1) is 0 Å². The normalized spacial score (nSPS) is 10.8. The Kier molecular flexibility index (Phi) is 5.23. The molecule has 3 aromatic rings. The van der Waals surface area contributed by atoms with E-state index in [1.54, 1.807) is 37.5 Å². The molecule has 7 heteroatoms. The average Bonchev–Trinajstić information content (AvgIpc) is 3.21. The minimum absolute atomic E-state index is 0.238. The van der Waals surface area contributed by atoms with Crippen molar-refractivity contribution in [2.45, 2.75) is 17.5 Å². The van der Waals surface area contributed by atoms with Gasteiger partial charge < -0.3 is 13.9 Å². The summed E-state index contributed by atoms with van der Waals surface area (Å²) in [5, 5.41) is 0.882. The average molecular weight is 359 g/mol. The van der Waals surface area contributed by atoms with Crippen molar-refractivity contribution < 1.29 is 13.6 Å². The van der Waals surface area contributed by atoms with E-state index in [4.69, 9.17) is 4.42 Å². The lowest BCUT2D eigenvalue weighted by Crippen LogP contribution is -2.25. The number of carbonyl (C=O) groups is 1. The van der Waals surface area contributed by atoms with Crippen LogP contribution >= 0.6 is 11.8 Å². The quantitative estimate of drug-likeness (QED) is 0.630. The number of furan rings is 1. The second-order valence-electron chi connectivity index (χ2n) is 5.67. The Labute approximate surface area is 149 Å². The molecule has 2 aromatic heterocycles. The molecule has 0 N–H and O–H groups in total. The number of imidazole rings is 1. The Balaban J connectivity index is 1.60. The molecule has 0 fully saturated rings. The number of aromatic nitrogens is 2. The summed E-state index contributed by atoms with van der Waals surface area (Å²) in [6.07, 6.45) is 3.61. The molecule has 0 bridgehead atoms. The Morgan fingerprint density at radius 1 is 1.36 bits per heavy atom. The monoisotopic (exact) mass is 359 g/mol. The van der Waals surface area contributed by atoms with Crippen LogP contribution in [0.15, 0.2) is 58.4 Å². The first-order chi connectivity index (χ1) is 12.0. The molecule has 0 saturated heterocycles.